The van der Waals surface area contributed by atoms with Gasteiger partial charge in [0, 0.05) is 23.1 Å². The third-order valence-corrected chi connectivity index (χ3v) is 4.56. The number of rotatable bonds is 5. The summed E-state index contributed by atoms with van der Waals surface area (Å²) in [4.78, 5) is 16.7. The largest absolute Gasteiger partial charge is 0.326 e. The third-order valence-electron chi connectivity index (χ3n) is 3.78. The van der Waals surface area contributed by atoms with Gasteiger partial charge in [-0.3, -0.25) is 4.79 Å². The normalized spacial score (nSPS) is 10.6. The molecule has 3 aromatic rings. The quantitative estimate of drug-likeness (QED) is 0.712. The maximum atomic E-state index is 12.2. The van der Waals surface area contributed by atoms with Gasteiger partial charge in [-0.25, -0.2) is 4.98 Å². The van der Waals surface area contributed by atoms with E-state index in [9.17, 15) is 4.79 Å². The molecule has 0 saturated heterocycles. The van der Waals surface area contributed by atoms with Crippen molar-refractivity contribution in [3.05, 3.63) is 70.0 Å². The summed E-state index contributed by atoms with van der Waals surface area (Å²) in [7, 11) is 0. The number of hydrogen-bond donors (Lipinski definition) is 1. The zero-order valence-electron chi connectivity index (χ0n) is 13.9. The third kappa shape index (κ3) is 4.30. The van der Waals surface area contributed by atoms with Gasteiger partial charge in [0.1, 0.15) is 0 Å². The Morgan fingerprint density at radius 3 is 2.71 bits per heavy atom. The predicted molar refractivity (Wildman–Crippen MR) is 100 cm³/mol. The molecule has 0 spiro atoms. The fourth-order valence-electron chi connectivity index (χ4n) is 2.60. The number of amides is 1. The van der Waals surface area contributed by atoms with E-state index >= 15 is 0 Å². The second-order valence-corrected chi connectivity index (χ2v) is 6.93. The van der Waals surface area contributed by atoms with Crippen LogP contribution < -0.4 is 5.32 Å². The Morgan fingerprint density at radius 1 is 1.12 bits per heavy atom. The zero-order chi connectivity index (χ0) is 16.9. The number of aromatic nitrogens is 1. The van der Waals surface area contributed by atoms with Crippen molar-refractivity contribution in [3.8, 4) is 11.3 Å². The first-order valence-electron chi connectivity index (χ1n) is 7.98. The van der Waals surface area contributed by atoms with Crippen molar-refractivity contribution in [1.29, 1.82) is 0 Å². The van der Waals surface area contributed by atoms with E-state index in [-0.39, 0.29) is 5.91 Å². The highest BCUT2D eigenvalue weighted by atomic mass is 32.1. The van der Waals surface area contributed by atoms with Crippen LogP contribution in [0.1, 0.15) is 22.6 Å². The van der Waals surface area contributed by atoms with Gasteiger partial charge in [0.2, 0.25) is 5.91 Å². The van der Waals surface area contributed by atoms with Gasteiger partial charge in [-0.15, -0.1) is 11.3 Å². The number of thiazole rings is 1. The topological polar surface area (TPSA) is 42.0 Å². The van der Waals surface area contributed by atoms with E-state index < -0.39 is 0 Å². The van der Waals surface area contributed by atoms with Gasteiger partial charge in [0.15, 0.2) is 0 Å². The van der Waals surface area contributed by atoms with Crippen LogP contribution in [0.15, 0.2) is 53.9 Å². The highest BCUT2D eigenvalue weighted by Gasteiger charge is 2.06. The Labute approximate surface area is 146 Å². The summed E-state index contributed by atoms with van der Waals surface area (Å²) in [6, 6.07) is 16.1. The first kappa shape index (κ1) is 16.4. The number of nitrogens with zero attached hydrogens (tertiary/aromatic N) is 1. The summed E-state index contributed by atoms with van der Waals surface area (Å²) >= 11 is 1.63. The molecule has 0 aliphatic rings. The summed E-state index contributed by atoms with van der Waals surface area (Å²) in [5.74, 6) is 0.0307. The van der Waals surface area contributed by atoms with Crippen molar-refractivity contribution in [2.75, 3.05) is 5.32 Å². The molecule has 3 nitrogen and oxygen atoms in total. The Balaban J connectivity index is 1.62. The lowest BCUT2D eigenvalue weighted by molar-refractivity contribution is -0.116. The molecule has 0 aliphatic carbocycles. The van der Waals surface area contributed by atoms with Gasteiger partial charge < -0.3 is 5.32 Å². The van der Waals surface area contributed by atoms with Crippen LogP contribution in [0.2, 0.25) is 0 Å². The van der Waals surface area contributed by atoms with E-state index in [0.717, 1.165) is 28.4 Å². The smallest absolute Gasteiger partial charge is 0.224 e. The summed E-state index contributed by atoms with van der Waals surface area (Å²) in [5, 5.41) is 6.06. The van der Waals surface area contributed by atoms with Crippen LogP contribution in [0.5, 0.6) is 0 Å². The minimum atomic E-state index is 0.0307. The molecule has 0 aliphatic heterocycles. The first-order chi connectivity index (χ1) is 11.6. The number of carbonyl (C=O) groups excluding carboxylic acids is 1. The second kappa shape index (κ2) is 7.41. The monoisotopic (exact) mass is 336 g/mol. The number of hydrogen-bond acceptors (Lipinski definition) is 3. The van der Waals surface area contributed by atoms with E-state index in [1.54, 1.807) is 11.3 Å². The van der Waals surface area contributed by atoms with E-state index in [1.807, 2.05) is 42.6 Å². The molecule has 122 valence electrons. The summed E-state index contributed by atoms with van der Waals surface area (Å²) in [5.41, 5.74) is 5.20. The van der Waals surface area contributed by atoms with Crippen LogP contribution in [-0.4, -0.2) is 10.9 Å². The van der Waals surface area contributed by atoms with Crippen molar-refractivity contribution < 1.29 is 4.79 Å². The Kier molecular flexibility index (Phi) is 5.06. The van der Waals surface area contributed by atoms with Gasteiger partial charge in [-0.05, 0) is 38.0 Å². The van der Waals surface area contributed by atoms with Gasteiger partial charge in [0.05, 0.1) is 10.7 Å². The standard InChI is InChI=1S/C20H20N2OS/c1-14-5-3-6-16(11-14)9-10-20(23)22-18-8-4-7-17(12-18)19-13-24-15(2)21-19/h3-8,11-13H,9-10H2,1-2H3,(H,22,23). The molecular weight excluding hydrogens is 316 g/mol. The molecule has 0 bridgehead atoms. The molecule has 0 radical (unpaired) electrons. The van der Waals surface area contributed by atoms with E-state index in [2.05, 4.69) is 35.4 Å². The number of benzene rings is 2. The lowest BCUT2D eigenvalue weighted by Crippen LogP contribution is -2.12. The van der Waals surface area contributed by atoms with Crippen LogP contribution in [0.25, 0.3) is 11.3 Å². The second-order valence-electron chi connectivity index (χ2n) is 5.87. The maximum absolute atomic E-state index is 12.2. The number of carbonyl (C=O) groups is 1. The van der Waals surface area contributed by atoms with Gasteiger partial charge >= 0.3 is 0 Å². The molecule has 0 fully saturated rings. The molecule has 24 heavy (non-hydrogen) atoms. The SMILES string of the molecule is Cc1cccc(CCC(=O)Nc2cccc(-c3csc(C)n3)c2)c1. The molecule has 0 unspecified atom stereocenters. The molecule has 2 aromatic carbocycles. The first-order valence-corrected chi connectivity index (χ1v) is 8.86. The van der Waals surface area contributed by atoms with Gasteiger partial charge in [-0.1, -0.05) is 42.0 Å². The molecule has 1 heterocycles. The van der Waals surface area contributed by atoms with Crippen LogP contribution in [0.4, 0.5) is 5.69 Å². The minimum absolute atomic E-state index is 0.0307. The molecule has 1 aromatic heterocycles. The van der Waals surface area contributed by atoms with E-state index in [0.29, 0.717) is 6.42 Å². The fraction of sp³-hybridized carbons (Fsp3) is 0.200. The molecule has 0 saturated carbocycles. The summed E-state index contributed by atoms with van der Waals surface area (Å²) in [6.07, 6.45) is 1.22. The van der Waals surface area contributed by atoms with Gasteiger partial charge in [-0.2, -0.15) is 0 Å². The molecule has 4 heteroatoms. The number of anilines is 1. The summed E-state index contributed by atoms with van der Waals surface area (Å²) < 4.78 is 0. The average Bonchev–Trinajstić information content (AvgIpc) is 3.00. The maximum Gasteiger partial charge on any atom is 0.224 e. The lowest BCUT2D eigenvalue weighted by atomic mass is 10.1. The van der Waals surface area contributed by atoms with Crippen molar-refractivity contribution >= 4 is 22.9 Å². The van der Waals surface area contributed by atoms with Crippen LogP contribution >= 0.6 is 11.3 Å². The van der Waals surface area contributed by atoms with E-state index in [4.69, 9.17) is 0 Å². The number of aryl methyl sites for hydroxylation is 3. The Morgan fingerprint density at radius 2 is 1.96 bits per heavy atom. The van der Waals surface area contributed by atoms with Crippen molar-refractivity contribution in [1.82, 2.24) is 4.98 Å². The van der Waals surface area contributed by atoms with Crippen molar-refractivity contribution in [2.45, 2.75) is 26.7 Å². The molecule has 0 atom stereocenters. The van der Waals surface area contributed by atoms with Crippen LogP contribution in [0, 0.1) is 13.8 Å². The predicted octanol–water partition coefficient (Wildman–Crippen LogP) is 5.00. The Hall–Kier alpha value is -2.46. The molecule has 1 amide bonds. The lowest BCUT2D eigenvalue weighted by Gasteiger charge is -2.07. The van der Waals surface area contributed by atoms with Crippen LogP contribution in [0.3, 0.4) is 0 Å². The molecular formula is C20H20N2OS. The van der Waals surface area contributed by atoms with Gasteiger partial charge in [0.25, 0.3) is 0 Å². The molecule has 1 N–H and O–H groups in total. The highest BCUT2D eigenvalue weighted by Crippen LogP contribution is 2.24. The fourth-order valence-corrected chi connectivity index (χ4v) is 3.22. The van der Waals surface area contributed by atoms with Crippen molar-refractivity contribution in [2.24, 2.45) is 0 Å². The number of nitrogens with one attached hydrogen (secondary N) is 1. The zero-order valence-corrected chi connectivity index (χ0v) is 14.7. The van der Waals surface area contributed by atoms with E-state index in [1.165, 1.54) is 11.1 Å². The minimum Gasteiger partial charge on any atom is -0.326 e. The van der Waals surface area contributed by atoms with Crippen LogP contribution in [-0.2, 0) is 11.2 Å². The highest BCUT2D eigenvalue weighted by molar-refractivity contribution is 7.09. The Bertz CT molecular complexity index is 854. The average molecular weight is 336 g/mol. The molecule has 3 rings (SSSR count). The summed E-state index contributed by atoms with van der Waals surface area (Å²) in [6.45, 7) is 4.06. The van der Waals surface area contributed by atoms with Crippen molar-refractivity contribution in [3.63, 3.8) is 0 Å².